The molecular formula is C25H29F3N6O4. The Kier molecular flexibility index (Phi) is 9.04. The number of aromatic nitrogens is 2. The number of amides is 3. The van der Waals surface area contributed by atoms with Crippen LogP contribution in [0.1, 0.15) is 52.7 Å². The largest absolute Gasteiger partial charge is 0.471 e. The van der Waals surface area contributed by atoms with Crippen LogP contribution in [0.2, 0.25) is 0 Å². The SMILES string of the molecule is C=C(CNC(=O)c1ccc(C(=N)NC(=O)C(F)(F)F)cc1)C[C@H]1COCCN1C(=O)c1ccnn1C(C)C. The lowest BCUT2D eigenvalue weighted by Gasteiger charge is -2.36. The average Bonchev–Trinajstić information content (AvgIpc) is 3.37. The van der Waals surface area contributed by atoms with Gasteiger partial charge in [-0.1, -0.05) is 24.3 Å². The lowest BCUT2D eigenvalue weighted by atomic mass is 10.0. The van der Waals surface area contributed by atoms with Gasteiger partial charge in [0, 0.05) is 36.5 Å². The molecule has 0 aliphatic carbocycles. The standard InChI is InChI=1S/C25H29F3N6O4/c1-15(2)34-20(8-9-31-34)23(36)33-10-11-38-14-19(33)12-16(3)13-30-22(35)18-6-4-17(5-7-18)21(29)32-24(37)25(26,27)28/h4-9,15,19H,3,10-14H2,1-2H3,(H,30,35)(H2,29,32,37)/t19-/m0/s1. The molecule has 0 unspecified atom stereocenters. The number of morpholine rings is 1. The van der Waals surface area contributed by atoms with Gasteiger partial charge in [-0.05, 0) is 38.5 Å². The summed E-state index contributed by atoms with van der Waals surface area (Å²) in [5.74, 6) is -3.61. The number of hydrogen-bond donors (Lipinski definition) is 3. The van der Waals surface area contributed by atoms with E-state index in [0.29, 0.717) is 37.4 Å². The van der Waals surface area contributed by atoms with Crippen molar-refractivity contribution in [1.29, 1.82) is 5.41 Å². The minimum atomic E-state index is -5.11. The summed E-state index contributed by atoms with van der Waals surface area (Å²) in [5.41, 5.74) is 1.36. The van der Waals surface area contributed by atoms with Crippen molar-refractivity contribution < 1.29 is 32.3 Å². The van der Waals surface area contributed by atoms with Crippen LogP contribution in [0.5, 0.6) is 0 Å². The van der Waals surface area contributed by atoms with E-state index in [-0.39, 0.29) is 35.7 Å². The van der Waals surface area contributed by atoms with Crippen molar-refractivity contribution in [2.24, 2.45) is 0 Å². The molecule has 2 aromatic rings. The molecule has 0 radical (unpaired) electrons. The summed E-state index contributed by atoms with van der Waals surface area (Å²) in [6.07, 6.45) is -3.12. The van der Waals surface area contributed by atoms with Gasteiger partial charge in [0.2, 0.25) is 0 Å². The molecule has 1 aliphatic heterocycles. The van der Waals surface area contributed by atoms with Crippen molar-refractivity contribution in [2.75, 3.05) is 26.3 Å². The Labute approximate surface area is 217 Å². The number of nitrogens with one attached hydrogen (secondary N) is 3. The second-order valence-corrected chi connectivity index (χ2v) is 9.02. The van der Waals surface area contributed by atoms with Gasteiger partial charge < -0.3 is 20.3 Å². The molecule has 3 amide bonds. The van der Waals surface area contributed by atoms with Crippen molar-refractivity contribution in [1.82, 2.24) is 25.3 Å². The molecule has 204 valence electrons. The fourth-order valence-electron chi connectivity index (χ4n) is 3.89. The van der Waals surface area contributed by atoms with Crippen molar-refractivity contribution in [3.05, 3.63) is 65.5 Å². The van der Waals surface area contributed by atoms with E-state index in [1.165, 1.54) is 29.6 Å². The number of carbonyl (C=O) groups excluding carboxylic acids is 3. The van der Waals surface area contributed by atoms with Gasteiger partial charge in [-0.15, -0.1) is 0 Å². The van der Waals surface area contributed by atoms with Gasteiger partial charge in [-0.25, -0.2) is 0 Å². The summed E-state index contributed by atoms with van der Waals surface area (Å²) >= 11 is 0. The molecule has 38 heavy (non-hydrogen) atoms. The van der Waals surface area contributed by atoms with Crippen molar-refractivity contribution in [3.8, 4) is 0 Å². The number of nitrogens with zero attached hydrogens (tertiary/aromatic N) is 3. The van der Waals surface area contributed by atoms with Crippen LogP contribution in [0.3, 0.4) is 0 Å². The Hall–Kier alpha value is -4.00. The van der Waals surface area contributed by atoms with Gasteiger partial charge in [0.1, 0.15) is 11.5 Å². The maximum Gasteiger partial charge on any atom is 0.471 e. The molecular weight excluding hydrogens is 505 g/mol. The van der Waals surface area contributed by atoms with Gasteiger partial charge in [0.15, 0.2) is 0 Å². The van der Waals surface area contributed by atoms with Gasteiger partial charge >= 0.3 is 12.1 Å². The van der Waals surface area contributed by atoms with Crippen LogP contribution >= 0.6 is 0 Å². The number of halogens is 3. The fraction of sp³-hybridized carbons (Fsp3) is 0.400. The zero-order chi connectivity index (χ0) is 28.0. The van der Waals surface area contributed by atoms with E-state index in [1.807, 2.05) is 13.8 Å². The minimum absolute atomic E-state index is 0.00410. The third kappa shape index (κ3) is 7.06. The molecule has 1 aromatic heterocycles. The summed E-state index contributed by atoms with van der Waals surface area (Å²) in [7, 11) is 0. The molecule has 13 heteroatoms. The Morgan fingerprint density at radius 2 is 1.84 bits per heavy atom. The summed E-state index contributed by atoms with van der Waals surface area (Å²) < 4.78 is 44.3. The van der Waals surface area contributed by atoms with E-state index in [0.717, 1.165) is 0 Å². The Bertz CT molecular complexity index is 1210. The molecule has 10 nitrogen and oxygen atoms in total. The smallest absolute Gasteiger partial charge is 0.377 e. The number of hydrogen-bond acceptors (Lipinski definition) is 6. The molecule has 0 bridgehead atoms. The number of benzene rings is 1. The second-order valence-electron chi connectivity index (χ2n) is 9.02. The van der Waals surface area contributed by atoms with Gasteiger partial charge in [0.05, 0.1) is 19.3 Å². The van der Waals surface area contributed by atoms with Crippen LogP contribution < -0.4 is 10.6 Å². The summed E-state index contributed by atoms with van der Waals surface area (Å²) in [4.78, 5) is 38.5. The summed E-state index contributed by atoms with van der Waals surface area (Å²) in [6, 6.07) is 6.60. The van der Waals surface area contributed by atoms with Crippen LogP contribution in [0.4, 0.5) is 13.2 Å². The Morgan fingerprint density at radius 1 is 1.18 bits per heavy atom. The van der Waals surface area contributed by atoms with Gasteiger partial charge in [-0.2, -0.15) is 18.3 Å². The third-order valence-corrected chi connectivity index (χ3v) is 5.82. The first-order chi connectivity index (χ1) is 17.9. The highest BCUT2D eigenvalue weighted by Gasteiger charge is 2.39. The molecule has 1 aromatic carbocycles. The van der Waals surface area contributed by atoms with E-state index >= 15 is 0 Å². The number of ether oxygens (including phenoxy) is 1. The van der Waals surface area contributed by atoms with E-state index < -0.39 is 23.8 Å². The molecule has 3 N–H and O–H groups in total. The maximum absolute atomic E-state index is 13.2. The van der Waals surface area contributed by atoms with Crippen molar-refractivity contribution in [2.45, 2.75) is 38.5 Å². The van der Waals surface area contributed by atoms with Crippen molar-refractivity contribution in [3.63, 3.8) is 0 Å². The van der Waals surface area contributed by atoms with Crippen LogP contribution in [0, 0.1) is 5.41 Å². The van der Waals surface area contributed by atoms with Gasteiger partial charge in [-0.3, -0.25) is 24.5 Å². The number of carbonyl (C=O) groups is 3. The topological polar surface area (TPSA) is 129 Å². The lowest BCUT2D eigenvalue weighted by molar-refractivity contribution is -0.171. The van der Waals surface area contributed by atoms with E-state index in [1.54, 1.807) is 21.8 Å². The van der Waals surface area contributed by atoms with E-state index in [4.69, 9.17) is 10.1 Å². The van der Waals surface area contributed by atoms with Gasteiger partial charge in [0.25, 0.3) is 11.8 Å². The summed E-state index contributed by atoms with van der Waals surface area (Å²) in [5, 5.41) is 16.0. The number of amidine groups is 1. The number of rotatable bonds is 8. The predicted molar refractivity (Wildman–Crippen MR) is 132 cm³/mol. The quantitative estimate of drug-likeness (QED) is 0.273. The minimum Gasteiger partial charge on any atom is -0.377 e. The molecule has 3 rings (SSSR count). The highest BCUT2D eigenvalue weighted by atomic mass is 19.4. The third-order valence-electron chi connectivity index (χ3n) is 5.82. The first-order valence-electron chi connectivity index (χ1n) is 11.8. The van der Waals surface area contributed by atoms with Crippen molar-refractivity contribution >= 4 is 23.6 Å². The summed E-state index contributed by atoms with van der Waals surface area (Å²) in [6.45, 7) is 9.17. The van der Waals surface area contributed by atoms with Crippen LogP contribution in [0.25, 0.3) is 0 Å². The number of alkyl halides is 3. The first kappa shape index (κ1) is 28.6. The zero-order valence-electron chi connectivity index (χ0n) is 21.0. The molecule has 1 fully saturated rings. The molecule has 0 saturated carbocycles. The molecule has 1 atom stereocenters. The fourth-order valence-corrected chi connectivity index (χ4v) is 3.89. The van der Waals surface area contributed by atoms with Crippen LogP contribution in [-0.4, -0.2) is 76.8 Å². The first-order valence-corrected chi connectivity index (χ1v) is 11.8. The second kappa shape index (κ2) is 12.0. The zero-order valence-corrected chi connectivity index (χ0v) is 21.0. The van der Waals surface area contributed by atoms with Crippen LogP contribution in [-0.2, 0) is 9.53 Å². The molecule has 1 aliphatic rings. The maximum atomic E-state index is 13.2. The lowest BCUT2D eigenvalue weighted by Crippen LogP contribution is -2.49. The average molecular weight is 535 g/mol. The predicted octanol–water partition coefficient (Wildman–Crippen LogP) is 2.69. The van der Waals surface area contributed by atoms with E-state index in [2.05, 4.69) is 17.0 Å². The highest BCUT2D eigenvalue weighted by molar-refractivity contribution is 6.08. The Morgan fingerprint density at radius 3 is 2.47 bits per heavy atom. The monoisotopic (exact) mass is 534 g/mol. The van der Waals surface area contributed by atoms with Crippen LogP contribution in [0.15, 0.2) is 48.7 Å². The van der Waals surface area contributed by atoms with E-state index in [9.17, 15) is 27.6 Å². The Balaban J connectivity index is 1.55. The molecule has 1 saturated heterocycles. The molecule has 2 heterocycles. The molecule has 0 spiro atoms. The normalized spacial score (nSPS) is 15.7. The highest BCUT2D eigenvalue weighted by Crippen LogP contribution is 2.20.